The van der Waals surface area contributed by atoms with Gasteiger partial charge in [-0.15, -0.1) is 0 Å². The summed E-state index contributed by atoms with van der Waals surface area (Å²) in [4.78, 5) is 78.0. The van der Waals surface area contributed by atoms with Crippen LogP contribution in [0.25, 0.3) is 0 Å². The SMILES string of the molecule is CC(=O)O[C@@H]1[C@H]2C=C[C@H]3/C(C)=C\C[C@H](OC(C)=O)/C(C)=C\[C@@H]4[C@@H](OC(C)=O)C=C(C=O)C[C@]45OC(=O)/C(=C(\O)[C@@]3(C)[C@@H]2[C@@H](C)C[C@@H]1C)C5=O. The maximum absolute atomic E-state index is 14.9. The largest absolute Gasteiger partial charge is 0.511 e. The van der Waals surface area contributed by atoms with Crippen LogP contribution in [0.5, 0.6) is 0 Å². The molecule has 264 valence electrons. The molecule has 1 N–H and O–H groups in total. The number of aliphatic hydroxyl groups is 1. The van der Waals surface area contributed by atoms with Crippen LogP contribution in [0.2, 0.25) is 0 Å². The van der Waals surface area contributed by atoms with Crippen molar-refractivity contribution < 1.29 is 52.8 Å². The summed E-state index contributed by atoms with van der Waals surface area (Å²) in [7, 11) is 0. The Balaban J connectivity index is 1.81. The highest BCUT2D eigenvalue weighted by Crippen LogP contribution is 2.60. The fourth-order valence-electron chi connectivity index (χ4n) is 9.40. The Bertz CT molecular complexity index is 1630. The second kappa shape index (κ2) is 13.2. The van der Waals surface area contributed by atoms with Crippen LogP contribution in [0.15, 0.2) is 58.4 Å². The second-order valence-electron chi connectivity index (χ2n) is 14.7. The molecule has 0 unspecified atom stereocenters. The van der Waals surface area contributed by atoms with Crippen molar-refractivity contribution in [3.8, 4) is 0 Å². The Morgan fingerprint density at radius 3 is 2.20 bits per heavy atom. The van der Waals surface area contributed by atoms with Gasteiger partial charge in [0.1, 0.15) is 35.9 Å². The molecule has 2 fully saturated rings. The van der Waals surface area contributed by atoms with E-state index in [1.165, 1.54) is 26.8 Å². The van der Waals surface area contributed by atoms with Crippen molar-refractivity contribution in [2.45, 2.75) is 98.6 Å². The van der Waals surface area contributed by atoms with E-state index in [9.17, 15) is 33.9 Å². The van der Waals surface area contributed by atoms with Crippen LogP contribution in [0.1, 0.15) is 74.7 Å². The average molecular weight is 679 g/mol. The van der Waals surface area contributed by atoms with E-state index in [-0.39, 0.29) is 36.2 Å². The first-order valence-electron chi connectivity index (χ1n) is 16.9. The summed E-state index contributed by atoms with van der Waals surface area (Å²) in [6.45, 7) is 13.3. The molecule has 11 heteroatoms. The van der Waals surface area contributed by atoms with Gasteiger partial charge in [-0.1, -0.05) is 50.6 Å². The number of hydrogen-bond donors (Lipinski definition) is 1. The fourth-order valence-corrected chi connectivity index (χ4v) is 9.40. The molecule has 2 bridgehead atoms. The minimum Gasteiger partial charge on any atom is -0.511 e. The third-order valence-electron chi connectivity index (χ3n) is 11.3. The summed E-state index contributed by atoms with van der Waals surface area (Å²) in [5.74, 6) is -6.45. The van der Waals surface area contributed by atoms with Crippen LogP contribution in [0.3, 0.4) is 0 Å². The lowest BCUT2D eigenvalue weighted by atomic mass is 9.49. The minimum absolute atomic E-state index is 0.000726. The van der Waals surface area contributed by atoms with Crippen LogP contribution in [0.4, 0.5) is 0 Å². The van der Waals surface area contributed by atoms with E-state index in [2.05, 4.69) is 6.92 Å². The lowest BCUT2D eigenvalue weighted by Gasteiger charge is -2.56. The number of allylic oxidation sites excluding steroid dienone is 3. The first-order chi connectivity index (χ1) is 23.0. The van der Waals surface area contributed by atoms with Crippen LogP contribution in [-0.4, -0.2) is 65.0 Å². The van der Waals surface area contributed by atoms with Gasteiger partial charge in [0.05, 0.1) is 5.92 Å². The Morgan fingerprint density at radius 2 is 1.59 bits per heavy atom. The molecule has 0 aromatic carbocycles. The standard InChI is InChI=1S/C38H46O11/c1-18-9-12-29(46-22(5)40)19(2)14-28-30(47-23(6)41)15-25(17-39)16-38(28)35(44)31(36(45)49-38)34(43)37(8)27(18)11-10-26-32(37)20(3)13-21(4)33(26)48-24(7)42/h9-11,14-15,17,20-21,26-30,32-33,43H,12-13,16H2,1-8H3/b18-9-,19-14-,34-31-/t20-,21-,26-,27-,28+,29-,30-,32+,33-,37+,38-/m0/s1. The van der Waals surface area contributed by atoms with E-state index in [1.54, 1.807) is 13.0 Å². The van der Waals surface area contributed by atoms with Gasteiger partial charge >= 0.3 is 23.9 Å². The Labute approximate surface area is 286 Å². The number of aliphatic hydroxyl groups excluding tert-OH is 1. The van der Waals surface area contributed by atoms with E-state index < -0.39 is 88.1 Å². The number of esters is 4. The number of ether oxygens (including phenoxy) is 4. The molecule has 5 aliphatic rings. The average Bonchev–Trinajstić information content (AvgIpc) is 3.25. The van der Waals surface area contributed by atoms with Crippen LogP contribution in [-0.2, 0) is 47.7 Å². The van der Waals surface area contributed by atoms with Gasteiger partial charge in [0.2, 0.25) is 5.78 Å². The molecule has 1 spiro atoms. The molecule has 0 amide bonds. The third-order valence-corrected chi connectivity index (χ3v) is 11.3. The van der Waals surface area contributed by atoms with Gasteiger partial charge in [-0.05, 0) is 55.2 Å². The molecular weight excluding hydrogens is 632 g/mol. The van der Waals surface area contributed by atoms with Crippen molar-refractivity contribution >= 4 is 35.9 Å². The molecule has 1 aliphatic heterocycles. The van der Waals surface area contributed by atoms with Crippen molar-refractivity contribution in [1.29, 1.82) is 0 Å². The maximum Gasteiger partial charge on any atom is 0.346 e. The topological polar surface area (TPSA) is 160 Å². The molecule has 0 radical (unpaired) electrons. The zero-order valence-corrected chi connectivity index (χ0v) is 29.3. The number of ketones is 1. The van der Waals surface area contributed by atoms with Crippen molar-refractivity contribution in [2.75, 3.05) is 0 Å². The van der Waals surface area contributed by atoms with Gasteiger partial charge in [0, 0.05) is 50.9 Å². The van der Waals surface area contributed by atoms with E-state index in [0.717, 1.165) is 5.57 Å². The molecule has 5 rings (SSSR count). The third kappa shape index (κ3) is 6.10. The number of Topliss-reactive ketones (excluding diaryl/α,β-unsaturated/α-hetero) is 1. The van der Waals surface area contributed by atoms with Crippen LogP contribution in [0, 0.1) is 40.9 Å². The lowest BCUT2D eigenvalue weighted by molar-refractivity contribution is -0.165. The predicted molar refractivity (Wildman–Crippen MR) is 175 cm³/mol. The Kier molecular flexibility index (Phi) is 9.71. The number of rotatable bonds is 4. The molecule has 0 aromatic heterocycles. The number of hydrogen-bond acceptors (Lipinski definition) is 11. The maximum atomic E-state index is 14.9. The van der Waals surface area contributed by atoms with Gasteiger partial charge in [-0.3, -0.25) is 24.0 Å². The molecule has 49 heavy (non-hydrogen) atoms. The molecule has 11 nitrogen and oxygen atoms in total. The second-order valence-corrected chi connectivity index (χ2v) is 14.7. The molecule has 1 saturated heterocycles. The van der Waals surface area contributed by atoms with Gasteiger partial charge in [-0.2, -0.15) is 0 Å². The number of carbonyl (C=O) groups is 6. The normalized spacial score (nSPS) is 42.4. The summed E-state index contributed by atoms with van der Waals surface area (Å²) < 4.78 is 23.2. The van der Waals surface area contributed by atoms with Gasteiger partial charge in [0.25, 0.3) is 0 Å². The highest BCUT2D eigenvalue weighted by atomic mass is 16.6. The van der Waals surface area contributed by atoms with Crippen molar-refractivity contribution in [1.82, 2.24) is 0 Å². The highest BCUT2D eigenvalue weighted by molar-refractivity contribution is 6.26. The van der Waals surface area contributed by atoms with Gasteiger partial charge in [0.15, 0.2) is 5.60 Å². The van der Waals surface area contributed by atoms with Crippen LogP contribution >= 0.6 is 0 Å². The molecule has 11 atom stereocenters. The summed E-state index contributed by atoms with van der Waals surface area (Å²) in [5, 5.41) is 12.5. The molecule has 0 aromatic rings. The zero-order valence-electron chi connectivity index (χ0n) is 29.3. The lowest BCUT2D eigenvalue weighted by Crippen LogP contribution is -2.55. The first-order valence-corrected chi connectivity index (χ1v) is 16.9. The van der Waals surface area contributed by atoms with E-state index >= 15 is 0 Å². The highest BCUT2D eigenvalue weighted by Gasteiger charge is 2.65. The summed E-state index contributed by atoms with van der Waals surface area (Å²) in [5.41, 5.74) is -2.45. The zero-order chi connectivity index (χ0) is 36.2. The molecule has 1 saturated carbocycles. The van der Waals surface area contributed by atoms with Crippen molar-refractivity contribution in [2.24, 2.45) is 40.9 Å². The molecule has 4 aliphatic carbocycles. The molecule has 1 heterocycles. The Morgan fingerprint density at radius 1 is 0.939 bits per heavy atom. The monoisotopic (exact) mass is 678 g/mol. The summed E-state index contributed by atoms with van der Waals surface area (Å²) >= 11 is 0. The van der Waals surface area contributed by atoms with Gasteiger partial charge < -0.3 is 24.1 Å². The number of carbonyl (C=O) groups excluding carboxylic acids is 6. The van der Waals surface area contributed by atoms with E-state index in [4.69, 9.17) is 18.9 Å². The first kappa shape index (κ1) is 36.0. The van der Waals surface area contributed by atoms with Crippen molar-refractivity contribution in [3.05, 3.63) is 58.4 Å². The number of aldehydes is 1. The summed E-state index contributed by atoms with van der Waals surface area (Å²) in [6, 6.07) is 0. The quantitative estimate of drug-likeness (QED) is 0.140. The van der Waals surface area contributed by atoms with Crippen LogP contribution < -0.4 is 0 Å². The van der Waals surface area contributed by atoms with Gasteiger partial charge in [-0.25, -0.2) is 4.79 Å². The number of fused-ring (bicyclic) bond motifs is 4. The fraction of sp³-hybridized carbons (Fsp3) is 0.579. The minimum atomic E-state index is -2.05. The summed E-state index contributed by atoms with van der Waals surface area (Å²) in [6.07, 6.45) is 7.47. The molecular formula is C38H46O11. The van der Waals surface area contributed by atoms with E-state index in [1.807, 2.05) is 39.0 Å². The van der Waals surface area contributed by atoms with Crippen molar-refractivity contribution in [3.63, 3.8) is 0 Å². The smallest absolute Gasteiger partial charge is 0.346 e. The van der Waals surface area contributed by atoms with E-state index in [0.29, 0.717) is 18.3 Å². The Hall–Kier alpha value is -4.28. The predicted octanol–water partition coefficient (Wildman–Crippen LogP) is 5.00.